The molecule has 5 heteroatoms. The van der Waals surface area contributed by atoms with Crippen molar-refractivity contribution in [2.45, 2.75) is 12.6 Å². The summed E-state index contributed by atoms with van der Waals surface area (Å²) in [7, 11) is 1.43. The monoisotopic (exact) mass is 143 g/mol. The average Bonchev–Trinajstić information content (AvgIpc) is 2.14. The van der Waals surface area contributed by atoms with E-state index in [0.717, 1.165) is 4.90 Å². The molecular formula is C5H7N2O3. The Morgan fingerprint density at radius 2 is 2.50 bits per heavy atom. The molecule has 1 aliphatic heterocycles. The minimum Gasteiger partial charge on any atom is -0.283 e. The van der Waals surface area contributed by atoms with Gasteiger partial charge in [0, 0.05) is 18.4 Å². The van der Waals surface area contributed by atoms with Gasteiger partial charge in [-0.05, 0) is 0 Å². The van der Waals surface area contributed by atoms with Crippen LogP contribution in [0.25, 0.3) is 0 Å². The highest BCUT2D eigenvalue weighted by molar-refractivity contribution is 5.79. The van der Waals surface area contributed by atoms with Crippen LogP contribution in [0.2, 0.25) is 0 Å². The fraction of sp³-hybridized carbons (Fsp3) is 0.600. The molecule has 1 aliphatic rings. The van der Waals surface area contributed by atoms with E-state index in [1.54, 1.807) is 0 Å². The maximum Gasteiger partial charge on any atom is 0.292 e. The second kappa shape index (κ2) is 2.24. The highest BCUT2D eigenvalue weighted by atomic mass is 16.6. The Hall–Kier alpha value is -1.13. The second-order valence-corrected chi connectivity index (χ2v) is 2.14. The molecule has 0 saturated carbocycles. The average molecular weight is 143 g/mol. The SMILES string of the molecule is CN1C(=O)C[CH]C1[N+](=O)[O-]. The van der Waals surface area contributed by atoms with Gasteiger partial charge in [-0.25, -0.2) is 0 Å². The lowest BCUT2D eigenvalue weighted by molar-refractivity contribution is -0.532. The standard InChI is InChI=1S/C5H7N2O3/c1-6-4(7(9)10)2-3-5(6)8/h2,4H,3H2,1H3. The van der Waals surface area contributed by atoms with Crippen molar-refractivity contribution in [3.8, 4) is 0 Å². The van der Waals surface area contributed by atoms with Crippen LogP contribution in [0.3, 0.4) is 0 Å². The Morgan fingerprint density at radius 1 is 1.90 bits per heavy atom. The molecule has 1 amide bonds. The van der Waals surface area contributed by atoms with Crippen LogP contribution in [-0.2, 0) is 4.79 Å². The Labute approximate surface area is 57.8 Å². The first-order chi connectivity index (χ1) is 4.63. The maximum absolute atomic E-state index is 10.7. The van der Waals surface area contributed by atoms with Gasteiger partial charge in [0.05, 0.1) is 6.42 Å². The minimum absolute atomic E-state index is 0.183. The van der Waals surface area contributed by atoms with Gasteiger partial charge in [0.25, 0.3) is 6.17 Å². The van der Waals surface area contributed by atoms with E-state index in [1.165, 1.54) is 13.5 Å². The summed E-state index contributed by atoms with van der Waals surface area (Å²) in [5.41, 5.74) is 0. The Morgan fingerprint density at radius 3 is 2.70 bits per heavy atom. The van der Waals surface area contributed by atoms with Crippen LogP contribution in [-0.4, -0.2) is 28.9 Å². The maximum atomic E-state index is 10.7. The van der Waals surface area contributed by atoms with Crippen LogP contribution in [0.4, 0.5) is 0 Å². The Bertz CT molecular complexity index is 180. The molecule has 0 aromatic rings. The fourth-order valence-corrected chi connectivity index (χ4v) is 0.883. The van der Waals surface area contributed by atoms with Crippen LogP contribution >= 0.6 is 0 Å². The van der Waals surface area contributed by atoms with Gasteiger partial charge in [-0.2, -0.15) is 0 Å². The third-order valence-electron chi connectivity index (χ3n) is 1.51. The molecule has 0 aliphatic carbocycles. The quantitative estimate of drug-likeness (QED) is 0.372. The molecule has 1 fully saturated rings. The first-order valence-electron chi connectivity index (χ1n) is 2.85. The van der Waals surface area contributed by atoms with Crippen LogP contribution in [0, 0.1) is 16.5 Å². The summed E-state index contributed by atoms with van der Waals surface area (Å²) in [6.45, 7) is 0. The smallest absolute Gasteiger partial charge is 0.283 e. The predicted octanol–water partition coefficient (Wildman–Crippen LogP) is -0.344. The molecule has 0 bridgehead atoms. The summed E-state index contributed by atoms with van der Waals surface area (Å²) >= 11 is 0. The van der Waals surface area contributed by atoms with Crippen LogP contribution in [0.15, 0.2) is 0 Å². The minimum atomic E-state index is -0.910. The van der Waals surface area contributed by atoms with Crippen molar-refractivity contribution in [2.24, 2.45) is 0 Å². The zero-order valence-corrected chi connectivity index (χ0v) is 5.48. The van der Waals surface area contributed by atoms with E-state index >= 15 is 0 Å². The number of hydrogen-bond donors (Lipinski definition) is 0. The molecule has 1 rings (SSSR count). The molecule has 0 N–H and O–H groups in total. The van der Waals surface area contributed by atoms with Crippen molar-refractivity contribution in [3.05, 3.63) is 16.5 Å². The summed E-state index contributed by atoms with van der Waals surface area (Å²) in [5.74, 6) is -0.193. The first-order valence-corrected chi connectivity index (χ1v) is 2.85. The van der Waals surface area contributed by atoms with Crippen molar-refractivity contribution < 1.29 is 9.72 Å². The second-order valence-electron chi connectivity index (χ2n) is 2.14. The topological polar surface area (TPSA) is 63.5 Å². The highest BCUT2D eigenvalue weighted by Gasteiger charge is 2.36. The van der Waals surface area contributed by atoms with E-state index in [1.807, 2.05) is 0 Å². The molecule has 1 unspecified atom stereocenters. The molecule has 5 nitrogen and oxygen atoms in total. The Balaban J connectivity index is 2.66. The lowest BCUT2D eigenvalue weighted by Crippen LogP contribution is -2.34. The number of nitrogens with zero attached hydrogens (tertiary/aromatic N) is 2. The number of carbonyl (C=O) groups is 1. The predicted molar refractivity (Wildman–Crippen MR) is 32.5 cm³/mol. The Kier molecular flexibility index (Phi) is 1.57. The fourth-order valence-electron chi connectivity index (χ4n) is 0.883. The lowest BCUT2D eigenvalue weighted by Gasteiger charge is -2.10. The number of rotatable bonds is 1. The van der Waals surface area contributed by atoms with E-state index in [2.05, 4.69) is 0 Å². The molecule has 1 radical (unpaired) electrons. The van der Waals surface area contributed by atoms with Gasteiger partial charge < -0.3 is 0 Å². The number of nitro groups is 1. The van der Waals surface area contributed by atoms with Gasteiger partial charge in [-0.1, -0.05) is 0 Å². The van der Waals surface area contributed by atoms with Gasteiger partial charge in [0.2, 0.25) is 5.91 Å². The van der Waals surface area contributed by atoms with Gasteiger partial charge in [0.15, 0.2) is 0 Å². The number of hydrogen-bond acceptors (Lipinski definition) is 3. The highest BCUT2D eigenvalue weighted by Crippen LogP contribution is 2.14. The van der Waals surface area contributed by atoms with Crippen molar-refractivity contribution >= 4 is 5.91 Å². The number of likely N-dealkylation sites (tertiary alicyclic amines) is 1. The molecular weight excluding hydrogens is 136 g/mol. The molecule has 1 saturated heterocycles. The normalized spacial score (nSPS) is 25.5. The summed E-state index contributed by atoms with van der Waals surface area (Å²) in [6, 6.07) is 0. The largest absolute Gasteiger partial charge is 0.292 e. The number of carbonyl (C=O) groups excluding carboxylic acids is 1. The third kappa shape index (κ3) is 0.940. The van der Waals surface area contributed by atoms with E-state index in [9.17, 15) is 14.9 Å². The molecule has 0 aromatic carbocycles. The summed E-state index contributed by atoms with van der Waals surface area (Å²) < 4.78 is 0. The zero-order valence-electron chi connectivity index (χ0n) is 5.48. The van der Waals surface area contributed by atoms with Crippen molar-refractivity contribution in [1.82, 2.24) is 4.90 Å². The van der Waals surface area contributed by atoms with Gasteiger partial charge in [-0.15, -0.1) is 0 Å². The lowest BCUT2D eigenvalue weighted by atomic mass is 10.3. The van der Waals surface area contributed by atoms with Crippen LogP contribution in [0.1, 0.15) is 6.42 Å². The molecule has 1 heterocycles. The zero-order chi connectivity index (χ0) is 7.72. The van der Waals surface area contributed by atoms with E-state index in [0.29, 0.717) is 0 Å². The summed E-state index contributed by atoms with van der Waals surface area (Å²) in [6.07, 6.45) is 0.664. The van der Waals surface area contributed by atoms with Gasteiger partial charge in [0.1, 0.15) is 0 Å². The third-order valence-corrected chi connectivity index (χ3v) is 1.51. The molecule has 1 atom stereocenters. The van der Waals surface area contributed by atoms with Crippen LogP contribution in [0.5, 0.6) is 0 Å². The van der Waals surface area contributed by atoms with Gasteiger partial charge in [-0.3, -0.25) is 19.8 Å². The van der Waals surface area contributed by atoms with Crippen molar-refractivity contribution in [2.75, 3.05) is 7.05 Å². The van der Waals surface area contributed by atoms with Crippen molar-refractivity contribution in [1.29, 1.82) is 0 Å². The van der Waals surface area contributed by atoms with E-state index in [-0.39, 0.29) is 12.3 Å². The van der Waals surface area contributed by atoms with E-state index < -0.39 is 11.1 Å². The summed E-state index contributed by atoms with van der Waals surface area (Å²) in [5, 5.41) is 10.1. The van der Waals surface area contributed by atoms with Crippen LogP contribution < -0.4 is 0 Å². The molecule has 0 spiro atoms. The summed E-state index contributed by atoms with van der Waals surface area (Å²) in [4.78, 5) is 21.5. The molecule has 55 valence electrons. The molecule has 0 aromatic heterocycles. The molecule has 10 heavy (non-hydrogen) atoms. The van der Waals surface area contributed by atoms with Gasteiger partial charge >= 0.3 is 0 Å². The van der Waals surface area contributed by atoms with E-state index in [4.69, 9.17) is 0 Å². The number of amides is 1. The van der Waals surface area contributed by atoms with Crippen molar-refractivity contribution in [3.63, 3.8) is 0 Å². The first kappa shape index (κ1) is 6.98.